The van der Waals surface area contributed by atoms with Gasteiger partial charge in [-0.05, 0) is 38.0 Å². The predicted molar refractivity (Wildman–Crippen MR) is 73.6 cm³/mol. The van der Waals surface area contributed by atoms with E-state index in [1.807, 2.05) is 0 Å². The van der Waals surface area contributed by atoms with E-state index in [9.17, 15) is 4.79 Å². The molecule has 1 saturated carbocycles. The minimum atomic E-state index is 0.373. The van der Waals surface area contributed by atoms with Crippen LogP contribution in [0.2, 0.25) is 0 Å². The molecular weight excluding hydrogens is 224 g/mol. The molecule has 18 heavy (non-hydrogen) atoms. The maximum atomic E-state index is 11.9. The first-order valence-corrected chi connectivity index (χ1v) is 7.98. The summed E-state index contributed by atoms with van der Waals surface area (Å²) >= 11 is 0. The van der Waals surface area contributed by atoms with Gasteiger partial charge in [0.25, 0.3) is 0 Å². The Bertz CT molecular complexity index is 213. The zero-order valence-electron chi connectivity index (χ0n) is 11.7. The fourth-order valence-electron chi connectivity index (χ4n) is 3.32. The Morgan fingerprint density at radius 2 is 1.61 bits per heavy atom. The van der Waals surface area contributed by atoms with Crippen molar-refractivity contribution in [1.82, 2.24) is 0 Å². The van der Waals surface area contributed by atoms with Gasteiger partial charge in [-0.3, -0.25) is 4.79 Å². The van der Waals surface area contributed by atoms with E-state index in [-0.39, 0.29) is 0 Å². The Balaban J connectivity index is 1.54. The molecule has 1 heterocycles. The summed E-state index contributed by atoms with van der Waals surface area (Å²) in [5, 5.41) is 0. The molecule has 2 heteroatoms. The molecule has 0 aromatic carbocycles. The van der Waals surface area contributed by atoms with Gasteiger partial charge in [-0.1, -0.05) is 32.1 Å². The number of carbonyl (C=O) groups excluding carboxylic acids is 1. The van der Waals surface area contributed by atoms with Crippen LogP contribution in [0.3, 0.4) is 0 Å². The first-order valence-electron chi connectivity index (χ1n) is 7.98. The van der Waals surface area contributed by atoms with Crippen molar-refractivity contribution < 1.29 is 9.53 Å². The van der Waals surface area contributed by atoms with E-state index in [1.165, 1.54) is 44.9 Å². The maximum Gasteiger partial charge on any atom is 0.133 e. The van der Waals surface area contributed by atoms with Crippen molar-refractivity contribution in [2.75, 3.05) is 6.61 Å². The van der Waals surface area contributed by atoms with Crippen LogP contribution in [-0.4, -0.2) is 18.5 Å². The van der Waals surface area contributed by atoms with Crippen LogP contribution in [0, 0.1) is 5.92 Å². The number of rotatable bonds is 6. The molecule has 0 aromatic rings. The lowest BCUT2D eigenvalue weighted by atomic mass is 9.85. The van der Waals surface area contributed by atoms with Crippen LogP contribution in [0.1, 0.15) is 77.0 Å². The number of hydrogen-bond acceptors (Lipinski definition) is 2. The quantitative estimate of drug-likeness (QED) is 0.706. The molecule has 0 N–H and O–H groups in total. The smallest absolute Gasteiger partial charge is 0.133 e. The topological polar surface area (TPSA) is 26.3 Å². The monoisotopic (exact) mass is 252 g/mol. The minimum Gasteiger partial charge on any atom is -0.378 e. The van der Waals surface area contributed by atoms with Crippen molar-refractivity contribution in [3.05, 3.63) is 0 Å². The van der Waals surface area contributed by atoms with Crippen molar-refractivity contribution in [3.63, 3.8) is 0 Å². The molecule has 104 valence electrons. The third kappa shape index (κ3) is 5.09. The molecule has 2 rings (SSSR count). The van der Waals surface area contributed by atoms with Crippen LogP contribution in [0.15, 0.2) is 0 Å². The Labute approximate surface area is 111 Å². The second-order valence-corrected chi connectivity index (χ2v) is 6.11. The van der Waals surface area contributed by atoms with E-state index >= 15 is 0 Å². The molecule has 1 saturated heterocycles. The zero-order valence-corrected chi connectivity index (χ0v) is 11.7. The predicted octanol–water partition coefficient (Wildman–Crippen LogP) is 4.27. The van der Waals surface area contributed by atoms with Gasteiger partial charge < -0.3 is 4.74 Å². The van der Waals surface area contributed by atoms with Gasteiger partial charge in [0, 0.05) is 19.4 Å². The summed E-state index contributed by atoms with van der Waals surface area (Å²) in [7, 11) is 0. The van der Waals surface area contributed by atoms with Crippen LogP contribution in [0.25, 0.3) is 0 Å². The number of Topliss-reactive ketones (excluding diaryl/α,β-unsaturated/α-hetero) is 1. The van der Waals surface area contributed by atoms with Gasteiger partial charge in [0.1, 0.15) is 5.78 Å². The molecule has 2 nitrogen and oxygen atoms in total. The van der Waals surface area contributed by atoms with Crippen LogP contribution in [-0.2, 0) is 9.53 Å². The maximum absolute atomic E-state index is 11.9. The van der Waals surface area contributed by atoms with Gasteiger partial charge in [-0.15, -0.1) is 0 Å². The summed E-state index contributed by atoms with van der Waals surface area (Å²) < 4.78 is 5.67. The number of hydrogen-bond donors (Lipinski definition) is 0. The molecule has 0 spiro atoms. The first kappa shape index (κ1) is 14.0. The highest BCUT2D eigenvalue weighted by Crippen LogP contribution is 2.27. The molecule has 0 bridgehead atoms. The van der Waals surface area contributed by atoms with E-state index in [0.29, 0.717) is 11.9 Å². The summed E-state index contributed by atoms with van der Waals surface area (Å²) in [5.74, 6) is 1.31. The summed E-state index contributed by atoms with van der Waals surface area (Å²) in [6.45, 7) is 0.904. The average Bonchev–Trinajstić information content (AvgIpc) is 2.45. The minimum absolute atomic E-state index is 0.373. The first-order chi connectivity index (χ1) is 8.84. The largest absolute Gasteiger partial charge is 0.378 e. The van der Waals surface area contributed by atoms with Crippen LogP contribution >= 0.6 is 0 Å². The van der Waals surface area contributed by atoms with E-state index in [1.54, 1.807) is 0 Å². The third-order valence-corrected chi connectivity index (χ3v) is 4.58. The van der Waals surface area contributed by atoms with Crippen molar-refractivity contribution in [2.24, 2.45) is 5.92 Å². The Morgan fingerprint density at radius 1 is 0.889 bits per heavy atom. The summed E-state index contributed by atoms with van der Waals surface area (Å²) in [6, 6.07) is 0. The molecule has 1 aliphatic heterocycles. The van der Waals surface area contributed by atoms with Crippen molar-refractivity contribution in [2.45, 2.75) is 83.2 Å². The standard InChI is InChI=1S/C16H28O2/c17-15(10-9-14-6-2-1-3-7-14)11-12-16-8-4-5-13-18-16/h14,16H,1-13H2. The van der Waals surface area contributed by atoms with E-state index in [0.717, 1.165) is 44.6 Å². The second kappa shape index (κ2) is 7.93. The number of ketones is 1. The van der Waals surface area contributed by atoms with E-state index in [2.05, 4.69) is 0 Å². The molecule has 0 radical (unpaired) electrons. The molecule has 0 amide bonds. The molecule has 2 fully saturated rings. The fourth-order valence-corrected chi connectivity index (χ4v) is 3.32. The lowest BCUT2D eigenvalue weighted by molar-refractivity contribution is -0.120. The zero-order chi connectivity index (χ0) is 12.6. The highest BCUT2D eigenvalue weighted by Gasteiger charge is 2.17. The Hall–Kier alpha value is -0.370. The Morgan fingerprint density at radius 3 is 2.33 bits per heavy atom. The van der Waals surface area contributed by atoms with Gasteiger partial charge in [-0.2, -0.15) is 0 Å². The van der Waals surface area contributed by atoms with Crippen LogP contribution in [0.4, 0.5) is 0 Å². The molecular formula is C16H28O2. The van der Waals surface area contributed by atoms with Gasteiger partial charge in [0.2, 0.25) is 0 Å². The van der Waals surface area contributed by atoms with Crippen LogP contribution in [0.5, 0.6) is 0 Å². The number of ether oxygens (including phenoxy) is 1. The highest BCUT2D eigenvalue weighted by molar-refractivity contribution is 5.78. The number of carbonyl (C=O) groups is 1. The second-order valence-electron chi connectivity index (χ2n) is 6.11. The van der Waals surface area contributed by atoms with Crippen molar-refractivity contribution in [1.29, 1.82) is 0 Å². The molecule has 1 aliphatic carbocycles. The summed E-state index contributed by atoms with van der Waals surface area (Å²) in [5.41, 5.74) is 0. The molecule has 0 aromatic heterocycles. The molecule has 1 atom stereocenters. The lowest BCUT2D eigenvalue weighted by Crippen LogP contribution is -2.20. The summed E-state index contributed by atoms with van der Waals surface area (Å²) in [6.07, 6.45) is 14.6. The van der Waals surface area contributed by atoms with Crippen molar-refractivity contribution >= 4 is 5.78 Å². The highest BCUT2D eigenvalue weighted by atomic mass is 16.5. The molecule has 1 unspecified atom stereocenters. The fraction of sp³-hybridized carbons (Fsp3) is 0.938. The van der Waals surface area contributed by atoms with E-state index in [4.69, 9.17) is 4.74 Å². The van der Waals surface area contributed by atoms with Gasteiger partial charge in [0.05, 0.1) is 6.10 Å². The Kier molecular flexibility index (Phi) is 6.19. The average molecular weight is 252 g/mol. The lowest BCUT2D eigenvalue weighted by Gasteiger charge is -2.23. The van der Waals surface area contributed by atoms with Crippen LogP contribution < -0.4 is 0 Å². The third-order valence-electron chi connectivity index (χ3n) is 4.58. The SMILES string of the molecule is O=C(CCC1CCCCC1)CCC1CCCCO1. The normalized spacial score (nSPS) is 26.1. The summed E-state index contributed by atoms with van der Waals surface area (Å²) in [4.78, 5) is 11.9. The van der Waals surface area contributed by atoms with Crippen molar-refractivity contribution in [3.8, 4) is 0 Å². The van der Waals surface area contributed by atoms with E-state index < -0.39 is 0 Å². The van der Waals surface area contributed by atoms with Gasteiger partial charge in [0.15, 0.2) is 0 Å². The molecule has 2 aliphatic rings. The van der Waals surface area contributed by atoms with Gasteiger partial charge >= 0.3 is 0 Å². The van der Waals surface area contributed by atoms with Gasteiger partial charge in [-0.25, -0.2) is 0 Å².